The summed E-state index contributed by atoms with van der Waals surface area (Å²) in [7, 11) is 0. The molecule has 1 aromatic heterocycles. The van der Waals surface area contributed by atoms with Gasteiger partial charge in [-0.3, -0.25) is 4.79 Å². The zero-order valence-corrected chi connectivity index (χ0v) is 10.4. The van der Waals surface area contributed by atoms with Gasteiger partial charge in [0.1, 0.15) is 0 Å². The Kier molecular flexibility index (Phi) is 3.06. The summed E-state index contributed by atoms with van der Waals surface area (Å²) in [6, 6.07) is 0. The molecule has 0 saturated heterocycles. The summed E-state index contributed by atoms with van der Waals surface area (Å²) in [4.78, 5) is 11.9. The second kappa shape index (κ2) is 4.34. The van der Waals surface area contributed by atoms with E-state index in [0.717, 1.165) is 28.7 Å². The standard InChI is InChI=1S/C13H15NOS/c1-8(2)10-4-12(9(3)13(15)5-10)11-6-14-16-7-11/h6-7,10H,1,4-5H2,2-3H3. The predicted octanol–water partition coefficient (Wildman–Crippen LogP) is 3.47. The quantitative estimate of drug-likeness (QED) is 0.732. The third kappa shape index (κ3) is 2.00. The fourth-order valence-electron chi connectivity index (χ4n) is 2.05. The zero-order chi connectivity index (χ0) is 11.7. The fourth-order valence-corrected chi connectivity index (χ4v) is 2.61. The van der Waals surface area contributed by atoms with Gasteiger partial charge in [-0.2, -0.15) is 0 Å². The summed E-state index contributed by atoms with van der Waals surface area (Å²) in [6.07, 6.45) is 3.38. The number of carbonyl (C=O) groups is 1. The number of allylic oxidation sites excluding steroid dienone is 3. The lowest BCUT2D eigenvalue weighted by atomic mass is 9.79. The number of rotatable bonds is 2. The van der Waals surface area contributed by atoms with Gasteiger partial charge in [-0.25, -0.2) is 4.37 Å². The first-order valence-electron chi connectivity index (χ1n) is 5.37. The SMILES string of the molecule is C=C(C)C1CC(=O)C(C)=C(c2cnsc2)C1. The van der Waals surface area contributed by atoms with Crippen LogP contribution in [0.4, 0.5) is 0 Å². The molecule has 16 heavy (non-hydrogen) atoms. The van der Waals surface area contributed by atoms with E-state index in [1.54, 1.807) is 0 Å². The zero-order valence-electron chi connectivity index (χ0n) is 9.62. The highest BCUT2D eigenvalue weighted by Gasteiger charge is 2.26. The Balaban J connectivity index is 2.38. The van der Waals surface area contributed by atoms with Crippen LogP contribution < -0.4 is 0 Å². The van der Waals surface area contributed by atoms with Gasteiger partial charge in [-0.1, -0.05) is 12.2 Å². The fraction of sp³-hybridized carbons (Fsp3) is 0.385. The van der Waals surface area contributed by atoms with Gasteiger partial charge in [-0.15, -0.1) is 0 Å². The topological polar surface area (TPSA) is 30.0 Å². The molecule has 84 valence electrons. The van der Waals surface area contributed by atoms with Crippen LogP contribution >= 0.6 is 11.5 Å². The monoisotopic (exact) mass is 233 g/mol. The van der Waals surface area contributed by atoms with Gasteiger partial charge in [-0.05, 0) is 48.9 Å². The Labute approximate surface area is 99.9 Å². The first-order chi connectivity index (χ1) is 7.59. The largest absolute Gasteiger partial charge is 0.295 e. The molecule has 3 heteroatoms. The second-order valence-electron chi connectivity index (χ2n) is 4.39. The van der Waals surface area contributed by atoms with Crippen molar-refractivity contribution in [3.05, 3.63) is 34.9 Å². The van der Waals surface area contributed by atoms with Crippen molar-refractivity contribution < 1.29 is 4.79 Å². The minimum Gasteiger partial charge on any atom is -0.295 e. The lowest BCUT2D eigenvalue weighted by Gasteiger charge is -2.24. The normalized spacial score (nSPS) is 21.4. The first kappa shape index (κ1) is 11.3. The molecular formula is C13H15NOS. The minimum atomic E-state index is 0.250. The highest BCUT2D eigenvalue weighted by Crippen LogP contribution is 2.36. The summed E-state index contributed by atoms with van der Waals surface area (Å²) in [6.45, 7) is 7.89. The molecule has 0 amide bonds. The number of nitrogens with zero attached hydrogens (tertiary/aromatic N) is 1. The maximum absolute atomic E-state index is 11.9. The molecule has 1 aliphatic rings. The average Bonchev–Trinajstić information content (AvgIpc) is 2.74. The van der Waals surface area contributed by atoms with Gasteiger partial charge >= 0.3 is 0 Å². The van der Waals surface area contributed by atoms with E-state index in [-0.39, 0.29) is 5.78 Å². The van der Waals surface area contributed by atoms with Gasteiger partial charge in [0.25, 0.3) is 0 Å². The molecule has 0 saturated carbocycles. The van der Waals surface area contributed by atoms with Gasteiger partial charge in [0.05, 0.1) is 0 Å². The molecule has 0 radical (unpaired) electrons. The number of aromatic nitrogens is 1. The predicted molar refractivity (Wildman–Crippen MR) is 67.3 cm³/mol. The van der Waals surface area contributed by atoms with Gasteiger partial charge in [0, 0.05) is 23.6 Å². The molecule has 1 aromatic rings. The summed E-state index contributed by atoms with van der Waals surface area (Å²) in [5.74, 6) is 0.548. The van der Waals surface area contributed by atoms with Crippen molar-refractivity contribution in [3.63, 3.8) is 0 Å². The van der Waals surface area contributed by atoms with Crippen LogP contribution in [0.2, 0.25) is 0 Å². The molecular weight excluding hydrogens is 218 g/mol. The van der Waals surface area contributed by atoms with Crippen molar-refractivity contribution in [1.82, 2.24) is 4.37 Å². The Morgan fingerprint density at radius 3 is 2.88 bits per heavy atom. The number of ketones is 1. The third-order valence-corrected chi connectivity index (χ3v) is 3.82. The molecule has 2 rings (SSSR count). The third-order valence-electron chi connectivity index (χ3n) is 3.23. The molecule has 0 aliphatic heterocycles. The van der Waals surface area contributed by atoms with Gasteiger partial charge < -0.3 is 0 Å². The highest BCUT2D eigenvalue weighted by atomic mass is 32.1. The van der Waals surface area contributed by atoms with E-state index in [9.17, 15) is 4.79 Å². The average molecular weight is 233 g/mol. The van der Waals surface area contributed by atoms with Crippen LogP contribution in [0.25, 0.3) is 5.57 Å². The van der Waals surface area contributed by atoms with E-state index in [4.69, 9.17) is 0 Å². The molecule has 1 aliphatic carbocycles. The van der Waals surface area contributed by atoms with Crippen LogP contribution in [0.1, 0.15) is 32.3 Å². The maximum Gasteiger partial charge on any atom is 0.159 e. The molecule has 2 nitrogen and oxygen atoms in total. The molecule has 0 aromatic carbocycles. The smallest absolute Gasteiger partial charge is 0.159 e. The lowest BCUT2D eigenvalue weighted by molar-refractivity contribution is -0.116. The van der Waals surface area contributed by atoms with Crippen LogP contribution in [0.15, 0.2) is 29.3 Å². The molecule has 1 atom stereocenters. The number of Topliss-reactive ketones (excluding diaryl/α,β-unsaturated/α-hetero) is 1. The Morgan fingerprint density at radius 1 is 1.56 bits per heavy atom. The van der Waals surface area contributed by atoms with Crippen LogP contribution in [0.3, 0.4) is 0 Å². The molecule has 0 N–H and O–H groups in total. The number of carbonyl (C=O) groups excluding carboxylic acids is 1. The van der Waals surface area contributed by atoms with Crippen molar-refractivity contribution in [3.8, 4) is 0 Å². The Bertz CT molecular complexity index is 456. The summed E-state index contributed by atoms with van der Waals surface area (Å²) < 4.78 is 4.10. The van der Waals surface area contributed by atoms with Crippen molar-refractivity contribution in [2.45, 2.75) is 26.7 Å². The molecule has 1 unspecified atom stereocenters. The van der Waals surface area contributed by atoms with E-state index in [1.165, 1.54) is 11.5 Å². The lowest BCUT2D eigenvalue weighted by Crippen LogP contribution is -2.18. The Morgan fingerprint density at radius 2 is 2.31 bits per heavy atom. The van der Waals surface area contributed by atoms with Gasteiger partial charge in [0.2, 0.25) is 0 Å². The van der Waals surface area contributed by atoms with Gasteiger partial charge in [0.15, 0.2) is 5.78 Å². The first-order valence-corrected chi connectivity index (χ1v) is 6.21. The van der Waals surface area contributed by atoms with E-state index >= 15 is 0 Å². The number of hydrogen-bond acceptors (Lipinski definition) is 3. The minimum absolute atomic E-state index is 0.250. The summed E-state index contributed by atoms with van der Waals surface area (Å²) in [5, 5.41) is 2.01. The highest BCUT2D eigenvalue weighted by molar-refractivity contribution is 7.03. The number of hydrogen-bond donors (Lipinski definition) is 0. The Hall–Kier alpha value is -1.22. The summed E-state index contributed by atoms with van der Waals surface area (Å²) in [5.41, 5.74) is 4.25. The molecule has 0 fully saturated rings. The molecule has 0 spiro atoms. The van der Waals surface area contributed by atoms with Crippen molar-refractivity contribution in [2.75, 3.05) is 0 Å². The van der Waals surface area contributed by atoms with Crippen molar-refractivity contribution >= 4 is 22.9 Å². The van der Waals surface area contributed by atoms with E-state index in [0.29, 0.717) is 12.3 Å². The van der Waals surface area contributed by atoms with Crippen LogP contribution in [-0.4, -0.2) is 10.2 Å². The van der Waals surface area contributed by atoms with Crippen LogP contribution in [0.5, 0.6) is 0 Å². The van der Waals surface area contributed by atoms with E-state index < -0.39 is 0 Å². The molecule has 1 heterocycles. The molecule has 0 bridgehead atoms. The van der Waals surface area contributed by atoms with E-state index in [1.807, 2.05) is 25.4 Å². The van der Waals surface area contributed by atoms with Crippen molar-refractivity contribution in [1.29, 1.82) is 0 Å². The maximum atomic E-state index is 11.9. The summed E-state index contributed by atoms with van der Waals surface area (Å²) >= 11 is 1.43. The second-order valence-corrected chi connectivity index (χ2v) is 5.05. The van der Waals surface area contributed by atoms with Crippen LogP contribution in [-0.2, 0) is 4.79 Å². The van der Waals surface area contributed by atoms with Crippen LogP contribution in [0, 0.1) is 5.92 Å². The van der Waals surface area contributed by atoms with Crippen molar-refractivity contribution in [2.24, 2.45) is 5.92 Å². The van der Waals surface area contributed by atoms with E-state index in [2.05, 4.69) is 11.0 Å².